The lowest BCUT2D eigenvalue weighted by molar-refractivity contribution is -0.127. The van der Waals surface area contributed by atoms with Gasteiger partial charge in [-0.2, -0.15) is 0 Å². The van der Waals surface area contributed by atoms with Gasteiger partial charge in [0.25, 0.3) is 11.1 Å². The van der Waals surface area contributed by atoms with Crippen LogP contribution in [-0.2, 0) is 22.6 Å². The van der Waals surface area contributed by atoms with E-state index >= 15 is 0 Å². The SMILES string of the molecule is C=CCc1cc(/C=C2\SC(=O)N(CC(=O)Nc3ccc(C)cc3C)C2=O)cc(OC)c1OCc1ccc(Br)cc1. The van der Waals surface area contributed by atoms with E-state index in [1.807, 2.05) is 56.3 Å². The maximum Gasteiger partial charge on any atom is 0.294 e. The van der Waals surface area contributed by atoms with Gasteiger partial charge in [0.1, 0.15) is 13.2 Å². The van der Waals surface area contributed by atoms with Crippen LogP contribution in [0.4, 0.5) is 10.5 Å². The van der Waals surface area contributed by atoms with Crippen LogP contribution in [0.5, 0.6) is 11.5 Å². The largest absolute Gasteiger partial charge is 0.493 e. The van der Waals surface area contributed by atoms with Crippen LogP contribution in [0.25, 0.3) is 6.08 Å². The molecule has 3 aromatic rings. The molecule has 0 radical (unpaired) electrons. The summed E-state index contributed by atoms with van der Waals surface area (Å²) in [6.45, 7) is 7.67. The zero-order chi connectivity index (χ0) is 28.8. The highest BCUT2D eigenvalue weighted by molar-refractivity contribution is 9.10. The Bertz CT molecular complexity index is 1500. The van der Waals surface area contributed by atoms with Crippen molar-refractivity contribution in [2.75, 3.05) is 19.0 Å². The van der Waals surface area contributed by atoms with Crippen molar-refractivity contribution in [1.29, 1.82) is 0 Å². The van der Waals surface area contributed by atoms with Gasteiger partial charge in [-0.25, -0.2) is 0 Å². The molecular formula is C31H29BrN2O5S. The van der Waals surface area contributed by atoms with Gasteiger partial charge in [-0.15, -0.1) is 6.58 Å². The maximum atomic E-state index is 13.1. The Labute approximate surface area is 246 Å². The minimum absolute atomic E-state index is 0.222. The number of hydrogen-bond donors (Lipinski definition) is 1. The molecule has 3 amide bonds. The van der Waals surface area contributed by atoms with Crippen molar-refractivity contribution in [1.82, 2.24) is 4.90 Å². The fourth-order valence-electron chi connectivity index (χ4n) is 4.20. The predicted octanol–water partition coefficient (Wildman–Crippen LogP) is 7.06. The number of nitrogens with zero attached hydrogens (tertiary/aromatic N) is 1. The van der Waals surface area contributed by atoms with Crippen molar-refractivity contribution < 1.29 is 23.9 Å². The maximum absolute atomic E-state index is 13.1. The molecule has 0 bridgehead atoms. The van der Waals surface area contributed by atoms with E-state index in [-0.39, 0.29) is 11.4 Å². The average Bonchev–Trinajstić information content (AvgIpc) is 3.17. The molecule has 0 atom stereocenters. The van der Waals surface area contributed by atoms with Crippen LogP contribution in [0, 0.1) is 13.8 Å². The third kappa shape index (κ3) is 7.03. The molecule has 0 aromatic heterocycles. The Hall–Kier alpha value is -3.82. The van der Waals surface area contributed by atoms with E-state index in [0.717, 1.165) is 43.4 Å². The lowest BCUT2D eigenvalue weighted by atomic mass is 10.0. The van der Waals surface area contributed by atoms with Crippen LogP contribution in [0.1, 0.15) is 27.8 Å². The van der Waals surface area contributed by atoms with Crippen molar-refractivity contribution >= 4 is 56.5 Å². The average molecular weight is 622 g/mol. The van der Waals surface area contributed by atoms with E-state index in [9.17, 15) is 14.4 Å². The highest BCUT2D eigenvalue weighted by Crippen LogP contribution is 2.37. The highest BCUT2D eigenvalue weighted by atomic mass is 79.9. The number of nitrogens with one attached hydrogen (secondary N) is 1. The highest BCUT2D eigenvalue weighted by Gasteiger charge is 2.36. The quantitative estimate of drug-likeness (QED) is 0.193. The molecule has 1 saturated heterocycles. The number of halogens is 1. The minimum Gasteiger partial charge on any atom is -0.493 e. The van der Waals surface area contributed by atoms with Gasteiger partial charge in [0, 0.05) is 15.7 Å². The van der Waals surface area contributed by atoms with Crippen LogP contribution in [0.15, 0.2) is 76.6 Å². The number of aryl methyl sites for hydroxylation is 2. The first-order valence-corrected chi connectivity index (χ1v) is 14.1. The Morgan fingerprint density at radius 2 is 1.85 bits per heavy atom. The summed E-state index contributed by atoms with van der Waals surface area (Å²) in [5, 5.41) is 2.28. The van der Waals surface area contributed by atoms with E-state index in [4.69, 9.17) is 9.47 Å². The third-order valence-corrected chi connectivity index (χ3v) is 7.60. The van der Waals surface area contributed by atoms with Crippen LogP contribution in [-0.4, -0.2) is 35.6 Å². The lowest BCUT2D eigenvalue weighted by Crippen LogP contribution is -2.36. The number of benzene rings is 3. The van der Waals surface area contributed by atoms with E-state index in [2.05, 4.69) is 27.8 Å². The second kappa shape index (κ2) is 13.0. The number of methoxy groups -OCH3 is 1. The minimum atomic E-state index is -0.523. The van der Waals surface area contributed by atoms with Crippen molar-refractivity contribution in [3.05, 3.63) is 104 Å². The molecule has 7 nitrogen and oxygen atoms in total. The summed E-state index contributed by atoms with van der Waals surface area (Å²) in [6.07, 6.45) is 3.89. The summed E-state index contributed by atoms with van der Waals surface area (Å²) in [5.74, 6) is 0.108. The van der Waals surface area contributed by atoms with Gasteiger partial charge in [0.2, 0.25) is 5.91 Å². The molecule has 1 fully saturated rings. The van der Waals surface area contributed by atoms with Crippen molar-refractivity contribution in [2.24, 2.45) is 0 Å². The first kappa shape index (κ1) is 29.2. The van der Waals surface area contributed by atoms with E-state index in [1.165, 1.54) is 0 Å². The van der Waals surface area contributed by atoms with E-state index in [0.29, 0.717) is 35.8 Å². The zero-order valence-electron chi connectivity index (χ0n) is 22.5. The molecular weight excluding hydrogens is 592 g/mol. The number of amides is 3. The van der Waals surface area contributed by atoms with Crippen molar-refractivity contribution in [3.8, 4) is 11.5 Å². The number of allylic oxidation sites excluding steroid dienone is 1. The topological polar surface area (TPSA) is 84.9 Å². The van der Waals surface area contributed by atoms with Gasteiger partial charge < -0.3 is 14.8 Å². The number of carbonyl (C=O) groups is 3. The second-order valence-electron chi connectivity index (χ2n) is 9.25. The molecule has 0 saturated carbocycles. The normalized spacial score (nSPS) is 14.0. The van der Waals surface area contributed by atoms with Crippen LogP contribution < -0.4 is 14.8 Å². The number of hydrogen-bond acceptors (Lipinski definition) is 6. The number of carbonyl (C=O) groups excluding carboxylic acids is 3. The molecule has 3 aromatic carbocycles. The van der Waals surface area contributed by atoms with Gasteiger partial charge in [-0.1, -0.05) is 51.8 Å². The summed E-state index contributed by atoms with van der Waals surface area (Å²) >= 11 is 4.23. The van der Waals surface area contributed by atoms with Crippen molar-refractivity contribution in [2.45, 2.75) is 26.9 Å². The Kier molecular flexibility index (Phi) is 9.50. The molecule has 4 rings (SSSR count). The molecule has 1 aliphatic rings. The third-order valence-electron chi connectivity index (χ3n) is 6.16. The van der Waals surface area contributed by atoms with E-state index in [1.54, 1.807) is 31.4 Å². The van der Waals surface area contributed by atoms with Gasteiger partial charge in [0.05, 0.1) is 12.0 Å². The first-order chi connectivity index (χ1) is 19.2. The summed E-state index contributed by atoms with van der Waals surface area (Å²) in [7, 11) is 1.55. The Morgan fingerprint density at radius 3 is 2.52 bits per heavy atom. The summed E-state index contributed by atoms with van der Waals surface area (Å²) in [6, 6.07) is 17.1. The molecule has 0 spiro atoms. The van der Waals surface area contributed by atoms with Gasteiger partial charge >= 0.3 is 0 Å². The summed E-state index contributed by atoms with van der Waals surface area (Å²) < 4.78 is 12.7. The second-order valence-corrected chi connectivity index (χ2v) is 11.2. The predicted molar refractivity (Wildman–Crippen MR) is 163 cm³/mol. The Morgan fingerprint density at radius 1 is 1.10 bits per heavy atom. The summed E-state index contributed by atoms with van der Waals surface area (Å²) in [4.78, 5) is 39.6. The van der Waals surface area contributed by atoms with Crippen LogP contribution in [0.2, 0.25) is 0 Å². The molecule has 1 heterocycles. The molecule has 1 aliphatic heterocycles. The molecule has 0 aliphatic carbocycles. The van der Waals surface area contributed by atoms with Gasteiger partial charge in [-0.05, 0) is 85.1 Å². The number of ether oxygens (including phenoxy) is 2. The van der Waals surface area contributed by atoms with Gasteiger partial charge in [0.15, 0.2) is 11.5 Å². The molecule has 40 heavy (non-hydrogen) atoms. The van der Waals surface area contributed by atoms with E-state index < -0.39 is 17.1 Å². The lowest BCUT2D eigenvalue weighted by Gasteiger charge is -2.16. The molecule has 0 unspecified atom stereocenters. The monoisotopic (exact) mass is 620 g/mol. The number of thioether (sulfide) groups is 1. The number of anilines is 1. The molecule has 9 heteroatoms. The number of imide groups is 1. The fourth-order valence-corrected chi connectivity index (χ4v) is 5.30. The fraction of sp³-hybridized carbons (Fsp3) is 0.194. The van der Waals surface area contributed by atoms with Crippen molar-refractivity contribution in [3.63, 3.8) is 0 Å². The molecule has 1 N–H and O–H groups in total. The Balaban J connectivity index is 1.52. The molecule has 206 valence electrons. The van der Waals surface area contributed by atoms with Crippen LogP contribution >= 0.6 is 27.7 Å². The van der Waals surface area contributed by atoms with Gasteiger partial charge in [-0.3, -0.25) is 19.3 Å². The number of rotatable bonds is 10. The standard InChI is InChI=1S/C31H29BrN2O5S/c1-5-6-23-14-22(15-26(38-4)29(23)39-18-21-8-10-24(32)11-9-21)16-27-30(36)34(31(37)40-27)17-28(35)33-25-12-7-19(2)13-20(25)3/h5,7-16H,1,6,17-18H2,2-4H3,(H,33,35)/b27-16-. The van der Waals surface area contributed by atoms with Crippen LogP contribution in [0.3, 0.4) is 0 Å². The first-order valence-electron chi connectivity index (χ1n) is 12.5. The zero-order valence-corrected chi connectivity index (χ0v) is 24.9. The smallest absolute Gasteiger partial charge is 0.294 e. The summed E-state index contributed by atoms with van der Waals surface area (Å²) in [5.41, 5.74) is 5.09.